The van der Waals surface area contributed by atoms with Gasteiger partial charge in [-0.2, -0.15) is 13.5 Å². The van der Waals surface area contributed by atoms with Gasteiger partial charge >= 0.3 is 5.97 Å². The number of carbonyl (C=O) groups is 1. The molecular weight excluding hydrogens is 277 g/mol. The van der Waals surface area contributed by atoms with Gasteiger partial charge in [0, 0.05) is 0 Å². The van der Waals surface area contributed by atoms with E-state index in [9.17, 15) is 17.6 Å². The molecule has 0 spiro atoms. The molecule has 0 saturated carbocycles. The third-order valence-corrected chi connectivity index (χ3v) is 3.52. The Balaban J connectivity index is 2.42. The van der Waals surface area contributed by atoms with Gasteiger partial charge in [0.1, 0.15) is 5.82 Å². The summed E-state index contributed by atoms with van der Waals surface area (Å²) in [7, 11) is -3.99. The summed E-state index contributed by atoms with van der Waals surface area (Å²) >= 11 is 0. The molecule has 0 aliphatic heterocycles. The molecule has 9 heteroatoms. The topological polar surface area (TPSA) is 112 Å². The highest BCUT2D eigenvalue weighted by molar-refractivity contribution is 7.92. The van der Waals surface area contributed by atoms with Crippen molar-refractivity contribution in [1.29, 1.82) is 0 Å². The molecule has 19 heavy (non-hydrogen) atoms. The van der Waals surface area contributed by atoms with Crippen molar-refractivity contribution in [3.05, 3.63) is 41.8 Å². The number of benzene rings is 1. The molecule has 0 amide bonds. The average molecular weight is 285 g/mol. The molecular formula is C10H8FN3O4S. The van der Waals surface area contributed by atoms with Crippen molar-refractivity contribution in [3.63, 3.8) is 0 Å². The predicted molar refractivity (Wildman–Crippen MR) is 62.8 cm³/mol. The van der Waals surface area contributed by atoms with Crippen LogP contribution in [0.2, 0.25) is 0 Å². The maximum atomic E-state index is 13.0. The van der Waals surface area contributed by atoms with Crippen LogP contribution in [0.15, 0.2) is 35.5 Å². The molecule has 0 radical (unpaired) electrons. The highest BCUT2D eigenvalue weighted by atomic mass is 32.2. The second-order valence-electron chi connectivity index (χ2n) is 3.52. The summed E-state index contributed by atoms with van der Waals surface area (Å²) in [6.45, 7) is 0. The number of nitrogens with one attached hydrogen (secondary N) is 2. The summed E-state index contributed by atoms with van der Waals surface area (Å²) in [5.74, 6) is -2.22. The van der Waals surface area contributed by atoms with E-state index in [1.54, 1.807) is 0 Å². The fraction of sp³-hybridized carbons (Fsp3) is 0. The van der Waals surface area contributed by atoms with Gasteiger partial charge in [-0.15, -0.1) is 0 Å². The number of rotatable bonds is 4. The normalized spacial score (nSPS) is 11.2. The number of hydrogen-bond acceptors (Lipinski definition) is 4. The first-order chi connectivity index (χ1) is 8.90. The van der Waals surface area contributed by atoms with Gasteiger partial charge in [-0.25, -0.2) is 9.18 Å². The number of nitrogens with zero attached hydrogens (tertiary/aromatic N) is 1. The highest BCUT2D eigenvalue weighted by Gasteiger charge is 2.19. The van der Waals surface area contributed by atoms with Gasteiger partial charge < -0.3 is 5.11 Å². The third kappa shape index (κ3) is 2.71. The van der Waals surface area contributed by atoms with Crippen molar-refractivity contribution in [2.75, 3.05) is 4.72 Å². The van der Waals surface area contributed by atoms with Crippen LogP contribution in [0.3, 0.4) is 0 Å². The minimum atomic E-state index is -3.99. The van der Waals surface area contributed by atoms with E-state index < -0.39 is 27.4 Å². The number of halogens is 1. The standard InChI is InChI=1S/C10H8FN3O4S/c11-6-1-2-8(7(5-6)10(15)16)14-19(17,18)9-3-4-12-13-9/h1-5,14H,(H,12,13)(H,15,16). The van der Waals surface area contributed by atoms with E-state index in [1.807, 2.05) is 0 Å². The smallest absolute Gasteiger partial charge is 0.337 e. The number of sulfonamides is 1. The maximum absolute atomic E-state index is 13.0. The Labute approximate surface area is 107 Å². The molecule has 0 bridgehead atoms. The lowest BCUT2D eigenvalue weighted by atomic mass is 10.2. The van der Waals surface area contributed by atoms with Crippen molar-refractivity contribution >= 4 is 21.7 Å². The van der Waals surface area contributed by atoms with Gasteiger partial charge in [0.05, 0.1) is 17.4 Å². The maximum Gasteiger partial charge on any atom is 0.337 e. The number of aromatic carboxylic acids is 1. The first-order valence-electron chi connectivity index (χ1n) is 4.95. The molecule has 1 aromatic heterocycles. The van der Waals surface area contributed by atoms with Crippen LogP contribution in [0.4, 0.5) is 10.1 Å². The second kappa shape index (κ2) is 4.69. The zero-order valence-corrected chi connectivity index (χ0v) is 10.1. The van der Waals surface area contributed by atoms with Crippen LogP contribution in [0.1, 0.15) is 10.4 Å². The largest absolute Gasteiger partial charge is 0.478 e. The third-order valence-electron chi connectivity index (χ3n) is 2.22. The SMILES string of the molecule is O=C(O)c1cc(F)ccc1NS(=O)(=O)c1ccn[nH]1. The van der Waals surface area contributed by atoms with Crippen molar-refractivity contribution in [3.8, 4) is 0 Å². The first kappa shape index (κ1) is 13.0. The molecule has 0 unspecified atom stereocenters. The van der Waals surface area contributed by atoms with Gasteiger partial charge in [-0.3, -0.25) is 9.82 Å². The number of aromatic amines is 1. The number of carboxylic acid groups (broad SMARTS) is 1. The van der Waals surface area contributed by atoms with E-state index in [2.05, 4.69) is 14.9 Å². The Morgan fingerprint density at radius 1 is 1.37 bits per heavy atom. The van der Waals surface area contributed by atoms with Gasteiger partial charge in [0.25, 0.3) is 10.0 Å². The monoisotopic (exact) mass is 285 g/mol. The number of H-pyrrole nitrogens is 1. The Kier molecular flexibility index (Phi) is 3.21. The first-order valence-corrected chi connectivity index (χ1v) is 6.43. The van der Waals surface area contributed by atoms with E-state index in [4.69, 9.17) is 5.11 Å². The molecule has 7 nitrogen and oxygen atoms in total. The molecule has 0 atom stereocenters. The fourth-order valence-electron chi connectivity index (χ4n) is 1.37. The van der Waals surface area contributed by atoms with E-state index >= 15 is 0 Å². The summed E-state index contributed by atoms with van der Waals surface area (Å²) in [6.07, 6.45) is 1.23. The molecule has 1 aromatic carbocycles. The number of carboxylic acids is 1. The van der Waals surface area contributed by atoms with Crippen molar-refractivity contribution in [2.24, 2.45) is 0 Å². The lowest BCUT2D eigenvalue weighted by Gasteiger charge is -2.09. The van der Waals surface area contributed by atoms with Gasteiger partial charge in [-0.1, -0.05) is 0 Å². The molecule has 100 valence electrons. The minimum absolute atomic E-state index is 0.229. The summed E-state index contributed by atoms with van der Waals surface area (Å²) in [6, 6.07) is 3.92. The second-order valence-corrected chi connectivity index (χ2v) is 5.17. The summed E-state index contributed by atoms with van der Waals surface area (Å²) in [4.78, 5) is 10.9. The van der Waals surface area contributed by atoms with Crippen LogP contribution in [0.5, 0.6) is 0 Å². The predicted octanol–water partition coefficient (Wildman–Crippen LogP) is 1.05. The molecule has 0 saturated heterocycles. The van der Waals surface area contributed by atoms with Crippen molar-refractivity contribution < 1.29 is 22.7 Å². The van der Waals surface area contributed by atoms with E-state index in [0.29, 0.717) is 0 Å². The number of aromatic nitrogens is 2. The lowest BCUT2D eigenvalue weighted by Crippen LogP contribution is -2.16. The molecule has 3 N–H and O–H groups in total. The Morgan fingerprint density at radius 3 is 2.68 bits per heavy atom. The number of hydrogen-bond donors (Lipinski definition) is 3. The highest BCUT2D eigenvalue weighted by Crippen LogP contribution is 2.20. The van der Waals surface area contributed by atoms with Gasteiger partial charge in [0.15, 0.2) is 5.03 Å². The zero-order valence-electron chi connectivity index (χ0n) is 9.29. The van der Waals surface area contributed by atoms with Crippen molar-refractivity contribution in [1.82, 2.24) is 10.2 Å². The fourth-order valence-corrected chi connectivity index (χ4v) is 2.37. The average Bonchev–Trinajstić information content (AvgIpc) is 2.85. The van der Waals surface area contributed by atoms with Crippen LogP contribution in [0, 0.1) is 5.82 Å². The molecule has 0 aliphatic rings. The van der Waals surface area contributed by atoms with Crippen LogP contribution < -0.4 is 4.72 Å². The molecule has 0 fully saturated rings. The van der Waals surface area contributed by atoms with Crippen LogP contribution >= 0.6 is 0 Å². The molecule has 1 heterocycles. The van der Waals surface area contributed by atoms with E-state index in [-0.39, 0.29) is 10.7 Å². The summed E-state index contributed by atoms with van der Waals surface area (Å²) in [5.41, 5.74) is -0.716. The Bertz CT molecular complexity index is 712. The van der Waals surface area contributed by atoms with Gasteiger partial charge in [0.2, 0.25) is 0 Å². The van der Waals surface area contributed by atoms with Crippen LogP contribution in [-0.2, 0) is 10.0 Å². The number of anilines is 1. The van der Waals surface area contributed by atoms with Crippen LogP contribution in [-0.4, -0.2) is 29.7 Å². The quantitative estimate of drug-likeness (QED) is 0.777. The minimum Gasteiger partial charge on any atom is -0.478 e. The molecule has 0 aliphatic carbocycles. The summed E-state index contributed by atoms with van der Waals surface area (Å²) < 4.78 is 38.7. The molecule has 2 aromatic rings. The Morgan fingerprint density at radius 2 is 2.11 bits per heavy atom. The van der Waals surface area contributed by atoms with Crippen LogP contribution in [0.25, 0.3) is 0 Å². The zero-order chi connectivity index (χ0) is 14.0. The van der Waals surface area contributed by atoms with Crippen molar-refractivity contribution in [2.45, 2.75) is 5.03 Å². The van der Waals surface area contributed by atoms with Gasteiger partial charge in [-0.05, 0) is 24.3 Å². The van der Waals surface area contributed by atoms with E-state index in [1.165, 1.54) is 12.3 Å². The molecule has 2 rings (SSSR count). The van der Waals surface area contributed by atoms with E-state index in [0.717, 1.165) is 18.2 Å². The Hall–Kier alpha value is -2.42. The summed E-state index contributed by atoms with van der Waals surface area (Å²) in [5, 5.41) is 14.4. The lowest BCUT2D eigenvalue weighted by molar-refractivity contribution is 0.0697.